The molecule has 5 atom stereocenters. The van der Waals surface area contributed by atoms with Crippen molar-refractivity contribution in [2.45, 2.75) is 114 Å². The largest absolute Gasteiger partial charge is 0.619 e. The Hall–Kier alpha value is -3.09. The second-order valence-corrected chi connectivity index (χ2v) is 14.4. The number of carbonyl (C=O) groups is 1. The van der Waals surface area contributed by atoms with Crippen LogP contribution in [0, 0.1) is 11.1 Å². The zero-order valence-corrected chi connectivity index (χ0v) is 29.4. The summed E-state index contributed by atoms with van der Waals surface area (Å²) in [6.07, 6.45) is 5.81. The third-order valence-corrected chi connectivity index (χ3v) is 10.4. The van der Waals surface area contributed by atoms with Gasteiger partial charge in [0.2, 0.25) is 0 Å². The van der Waals surface area contributed by atoms with E-state index in [2.05, 4.69) is 13.0 Å². The third-order valence-electron chi connectivity index (χ3n) is 10.00. The summed E-state index contributed by atoms with van der Waals surface area (Å²) in [5.41, 5.74) is 4.17. The van der Waals surface area contributed by atoms with Crippen molar-refractivity contribution in [3.63, 3.8) is 0 Å². The van der Waals surface area contributed by atoms with Crippen molar-refractivity contribution < 1.29 is 44.5 Å². The van der Waals surface area contributed by atoms with Gasteiger partial charge in [-0.05, 0) is 67.7 Å². The molecule has 0 bridgehead atoms. The van der Waals surface area contributed by atoms with E-state index in [4.69, 9.17) is 26.2 Å². The van der Waals surface area contributed by atoms with E-state index in [-0.39, 0.29) is 30.6 Å². The van der Waals surface area contributed by atoms with E-state index in [0.29, 0.717) is 18.1 Å². The Morgan fingerprint density at radius 1 is 1.00 bits per heavy atom. The van der Waals surface area contributed by atoms with Gasteiger partial charge in [-0.2, -0.15) is 4.73 Å². The summed E-state index contributed by atoms with van der Waals surface area (Å²) in [6, 6.07) is 15.8. The van der Waals surface area contributed by atoms with Crippen molar-refractivity contribution in [3.05, 3.63) is 87.8 Å². The molecule has 2 fully saturated rings. The monoisotopic (exact) mass is 711 g/mol. The maximum atomic E-state index is 12.5. The first kappa shape index (κ1) is 38.1. The summed E-state index contributed by atoms with van der Waals surface area (Å²) >= 11 is 6.65. The molecule has 0 saturated heterocycles. The Balaban J connectivity index is 1.14. The highest BCUT2D eigenvalue weighted by molar-refractivity contribution is 6.31. The van der Waals surface area contributed by atoms with Gasteiger partial charge in [0.05, 0.1) is 31.0 Å². The molecule has 0 aliphatic heterocycles. The van der Waals surface area contributed by atoms with Crippen LogP contribution in [0.2, 0.25) is 5.02 Å². The summed E-state index contributed by atoms with van der Waals surface area (Å²) in [4.78, 5) is 12.5. The Labute approximate surface area is 298 Å². The molecular formula is C39H50ClNO9. The molecule has 0 unspecified atom stereocenters. The molecule has 2 aromatic carbocycles. The van der Waals surface area contributed by atoms with Gasteiger partial charge >= 0.3 is 0 Å². The SMILES string of the molecule is C[C@@H](CCCCCC(=O)C[C@@H](CO)[C@@H](O)[C@H](O)[C@H](O)CO)c1ccc(Cl)c(COC2(c3c[n+]([O-])ccc3-c3ccccc3OC3CC3)CC2)c1. The van der Waals surface area contributed by atoms with Crippen molar-refractivity contribution in [1.82, 2.24) is 0 Å². The lowest BCUT2D eigenvalue weighted by Gasteiger charge is -2.27. The lowest BCUT2D eigenvalue weighted by molar-refractivity contribution is -0.606. The number of halogens is 1. The first-order valence-electron chi connectivity index (χ1n) is 17.7. The van der Waals surface area contributed by atoms with Gasteiger partial charge in [0, 0.05) is 47.6 Å². The van der Waals surface area contributed by atoms with Crippen LogP contribution >= 0.6 is 11.6 Å². The van der Waals surface area contributed by atoms with Gasteiger partial charge in [0.15, 0.2) is 12.4 Å². The average Bonchev–Trinajstić information content (AvgIpc) is 4.07. The summed E-state index contributed by atoms with van der Waals surface area (Å²) in [6.45, 7) is 1.20. The molecule has 50 heavy (non-hydrogen) atoms. The number of unbranched alkanes of at least 4 members (excludes halogenated alkanes) is 2. The van der Waals surface area contributed by atoms with Crippen LogP contribution in [0.4, 0.5) is 0 Å². The first-order valence-corrected chi connectivity index (χ1v) is 18.1. The van der Waals surface area contributed by atoms with Crippen LogP contribution in [0.15, 0.2) is 60.9 Å². The van der Waals surface area contributed by atoms with Crippen LogP contribution in [0.5, 0.6) is 5.75 Å². The van der Waals surface area contributed by atoms with Crippen LogP contribution in [0.1, 0.15) is 93.7 Å². The molecule has 0 spiro atoms. The smallest absolute Gasteiger partial charge is 0.187 e. The fourth-order valence-electron chi connectivity index (χ4n) is 6.48. The van der Waals surface area contributed by atoms with E-state index in [1.807, 2.05) is 42.5 Å². The summed E-state index contributed by atoms with van der Waals surface area (Å²) < 4.78 is 13.7. The molecule has 0 amide bonds. The minimum absolute atomic E-state index is 0.120. The Morgan fingerprint density at radius 2 is 1.76 bits per heavy atom. The molecule has 3 aromatic rings. The summed E-state index contributed by atoms with van der Waals surface area (Å²) in [5, 5.41) is 61.4. The van der Waals surface area contributed by atoms with E-state index in [9.17, 15) is 30.4 Å². The van der Waals surface area contributed by atoms with Gasteiger partial charge in [-0.3, -0.25) is 4.79 Å². The van der Waals surface area contributed by atoms with Gasteiger partial charge in [0.1, 0.15) is 29.3 Å². The Morgan fingerprint density at radius 3 is 2.46 bits per heavy atom. The lowest BCUT2D eigenvalue weighted by Crippen LogP contribution is -2.45. The van der Waals surface area contributed by atoms with Gasteiger partial charge in [-0.1, -0.05) is 61.7 Å². The minimum Gasteiger partial charge on any atom is -0.619 e. The second-order valence-electron chi connectivity index (χ2n) is 14.0. The molecule has 5 rings (SSSR count). The van der Waals surface area contributed by atoms with Crippen molar-refractivity contribution >= 4 is 17.4 Å². The van der Waals surface area contributed by atoms with Gasteiger partial charge < -0.3 is 40.2 Å². The zero-order chi connectivity index (χ0) is 35.8. The van der Waals surface area contributed by atoms with Crippen LogP contribution in [0.3, 0.4) is 0 Å². The Kier molecular flexibility index (Phi) is 13.3. The minimum atomic E-state index is -1.65. The molecule has 272 valence electrons. The molecule has 2 aliphatic carbocycles. The Bertz CT molecular complexity index is 1580. The summed E-state index contributed by atoms with van der Waals surface area (Å²) in [5.74, 6) is 0.00149. The topological polar surface area (TPSA) is 164 Å². The molecule has 10 nitrogen and oxygen atoms in total. The zero-order valence-electron chi connectivity index (χ0n) is 28.6. The van der Waals surface area contributed by atoms with Crippen LogP contribution in [0.25, 0.3) is 11.1 Å². The number of pyridine rings is 1. The average molecular weight is 712 g/mol. The standard InChI is InChI=1S/C39H50ClNO9/c1-25(7-3-2-4-8-29(44)20-27(22-42)37(46)38(47)35(45)23-43)26-11-14-34(40)28(19-26)24-49-39(16-17-39)33-21-41(48)18-15-31(33)32-9-5-6-10-36(32)50-30-12-13-30/h5-6,9-11,14-15,18-19,21,25,27,30,35,37-38,42-43,45-47H,2-4,7-8,12-13,16-17,20,22-24H2,1H3/t25-,27-,35+,37+,38+/m0/s1. The molecule has 5 N–H and O–H groups in total. The second kappa shape index (κ2) is 17.4. The number of nitrogens with zero attached hydrogens (tertiary/aromatic N) is 1. The van der Waals surface area contributed by atoms with Crippen molar-refractivity contribution in [2.75, 3.05) is 13.2 Å². The number of para-hydroxylation sites is 1. The molecule has 11 heteroatoms. The number of hydrogen-bond acceptors (Lipinski definition) is 9. The highest BCUT2D eigenvalue weighted by atomic mass is 35.5. The number of ether oxygens (including phenoxy) is 2. The number of carbonyl (C=O) groups excluding carboxylic acids is 1. The predicted octanol–water partition coefficient (Wildman–Crippen LogP) is 5.08. The van der Waals surface area contributed by atoms with Crippen molar-refractivity contribution in [2.24, 2.45) is 5.92 Å². The van der Waals surface area contributed by atoms with Crippen molar-refractivity contribution in [1.29, 1.82) is 0 Å². The van der Waals surface area contributed by atoms with Gasteiger partial charge in [-0.25, -0.2) is 0 Å². The van der Waals surface area contributed by atoms with E-state index in [1.165, 1.54) is 6.20 Å². The quantitative estimate of drug-likeness (QED) is 0.0576. The molecule has 0 radical (unpaired) electrons. The first-order chi connectivity index (χ1) is 24.0. The maximum Gasteiger partial charge on any atom is 0.187 e. The number of Topliss-reactive ketones (excluding diaryl/α,β-unsaturated/α-hetero) is 1. The number of benzene rings is 2. The molecule has 2 aliphatic rings. The van der Waals surface area contributed by atoms with Crippen LogP contribution in [-0.4, -0.2) is 68.9 Å². The van der Waals surface area contributed by atoms with Crippen molar-refractivity contribution in [3.8, 4) is 16.9 Å². The maximum absolute atomic E-state index is 12.5. The molecule has 1 aromatic heterocycles. The number of hydrogen-bond donors (Lipinski definition) is 5. The number of ketones is 1. The fraction of sp³-hybridized carbons (Fsp3) is 0.538. The highest BCUT2D eigenvalue weighted by Gasteiger charge is 2.49. The summed E-state index contributed by atoms with van der Waals surface area (Å²) in [7, 11) is 0. The molecular weight excluding hydrogens is 662 g/mol. The van der Waals surface area contributed by atoms with Crippen LogP contribution < -0.4 is 9.47 Å². The van der Waals surface area contributed by atoms with E-state index < -0.39 is 43.0 Å². The van der Waals surface area contributed by atoms with E-state index in [0.717, 1.165) is 83.2 Å². The number of aromatic nitrogens is 1. The molecule has 2 saturated carbocycles. The van der Waals surface area contributed by atoms with Crippen LogP contribution in [-0.2, 0) is 21.7 Å². The van der Waals surface area contributed by atoms with E-state index in [1.54, 1.807) is 6.20 Å². The highest BCUT2D eigenvalue weighted by Crippen LogP contribution is 2.53. The lowest BCUT2D eigenvalue weighted by atomic mass is 9.89. The third kappa shape index (κ3) is 9.82. The number of aliphatic hydroxyl groups is 5. The molecule has 1 heterocycles. The van der Waals surface area contributed by atoms with Gasteiger partial charge in [-0.15, -0.1) is 0 Å². The number of rotatable bonds is 21. The predicted molar refractivity (Wildman–Crippen MR) is 188 cm³/mol. The fourth-order valence-corrected chi connectivity index (χ4v) is 6.66. The van der Waals surface area contributed by atoms with Gasteiger partial charge in [0.25, 0.3) is 0 Å². The van der Waals surface area contributed by atoms with E-state index >= 15 is 0 Å². The normalized spacial score (nSPS) is 18.2. The number of aliphatic hydroxyl groups excluding tert-OH is 5.